The minimum absolute atomic E-state index is 0.112. The quantitative estimate of drug-likeness (QED) is 0.423. The Bertz CT molecular complexity index is 1820. The lowest BCUT2D eigenvalue weighted by Gasteiger charge is -2.06. The number of para-hydroxylation sites is 2. The number of imidazole rings is 1. The number of pyridine rings is 1. The van der Waals surface area contributed by atoms with Crippen molar-refractivity contribution in [1.82, 2.24) is 19.2 Å². The zero-order valence-corrected chi connectivity index (χ0v) is 18.3. The Hall–Kier alpha value is -4.35. The molecule has 0 bridgehead atoms. The third-order valence-electron chi connectivity index (χ3n) is 5.72. The molecule has 0 radical (unpaired) electrons. The van der Waals surface area contributed by atoms with Gasteiger partial charge in [0.25, 0.3) is 11.1 Å². The van der Waals surface area contributed by atoms with Gasteiger partial charge in [-0.3, -0.25) is 19.1 Å². The normalized spacial score (nSPS) is 12.0. The maximum Gasteiger partial charge on any atom is 0.275 e. The summed E-state index contributed by atoms with van der Waals surface area (Å²) in [5.74, 6) is -0.382. The Kier molecular flexibility index (Phi) is 4.58. The summed E-state index contributed by atoms with van der Waals surface area (Å²) in [4.78, 5) is 30.6. The molecule has 2 aromatic carbocycles. The highest BCUT2D eigenvalue weighted by atomic mass is 35.5. The molecule has 5 aromatic rings. The van der Waals surface area contributed by atoms with Crippen LogP contribution in [0, 0.1) is 25.2 Å². The number of benzene rings is 2. The standard InChI is InChI=1S/C24H16ClN5O3/c1-12-7-8-14(9-18(12)25)30-24(33)16(22(31)28-30)10-15-13(2)17(11-26)21-27-19-5-3-4-6-20(19)29(21)23(15)32/h3-10,33H,1-2H3,(H,28,31). The van der Waals surface area contributed by atoms with E-state index in [0.717, 1.165) is 5.56 Å². The van der Waals surface area contributed by atoms with E-state index in [1.165, 1.54) is 15.2 Å². The summed E-state index contributed by atoms with van der Waals surface area (Å²) in [5.41, 5.74) is 2.11. The maximum absolute atomic E-state index is 13.4. The van der Waals surface area contributed by atoms with Gasteiger partial charge >= 0.3 is 0 Å². The van der Waals surface area contributed by atoms with Crippen molar-refractivity contribution >= 4 is 34.4 Å². The highest BCUT2D eigenvalue weighted by Gasteiger charge is 2.19. The molecule has 0 fully saturated rings. The van der Waals surface area contributed by atoms with Gasteiger partial charge < -0.3 is 5.11 Å². The van der Waals surface area contributed by atoms with E-state index in [2.05, 4.69) is 16.2 Å². The van der Waals surface area contributed by atoms with Gasteiger partial charge in [0, 0.05) is 10.2 Å². The Morgan fingerprint density at radius 1 is 1.18 bits per heavy atom. The topological polar surface area (TPSA) is 116 Å². The maximum atomic E-state index is 13.4. The Morgan fingerprint density at radius 3 is 2.67 bits per heavy atom. The number of halogens is 1. The molecule has 3 heterocycles. The number of fused-ring (bicyclic) bond motifs is 3. The molecular formula is C24H16ClN5O3. The van der Waals surface area contributed by atoms with Crippen LogP contribution in [0.2, 0.25) is 5.02 Å². The number of aryl methyl sites for hydroxylation is 1. The molecule has 9 heteroatoms. The largest absolute Gasteiger partial charge is 0.493 e. The molecule has 0 amide bonds. The number of hydrogen-bond donors (Lipinski definition) is 2. The first kappa shape index (κ1) is 20.5. The van der Waals surface area contributed by atoms with Crippen LogP contribution in [0.5, 0.6) is 5.88 Å². The minimum Gasteiger partial charge on any atom is -0.493 e. The number of nitrogens with zero attached hydrogens (tertiary/aromatic N) is 4. The molecular weight excluding hydrogens is 442 g/mol. The van der Waals surface area contributed by atoms with E-state index in [9.17, 15) is 20.0 Å². The number of H-pyrrole nitrogens is 1. The number of hydrogen-bond acceptors (Lipinski definition) is 5. The molecule has 5 rings (SSSR count). The van der Waals surface area contributed by atoms with Crippen molar-refractivity contribution in [3.05, 3.63) is 95.7 Å². The molecule has 0 aliphatic carbocycles. The van der Waals surface area contributed by atoms with Crippen molar-refractivity contribution in [2.45, 2.75) is 13.8 Å². The van der Waals surface area contributed by atoms with Gasteiger partial charge in [-0.1, -0.05) is 29.8 Å². The van der Waals surface area contributed by atoms with Gasteiger partial charge in [-0.2, -0.15) is 5.26 Å². The first-order valence-corrected chi connectivity index (χ1v) is 10.4. The number of aromatic amines is 1. The molecule has 0 saturated carbocycles. The summed E-state index contributed by atoms with van der Waals surface area (Å²) in [6, 6.07) is 14.2. The van der Waals surface area contributed by atoms with Crippen LogP contribution in [-0.2, 0) is 0 Å². The van der Waals surface area contributed by atoms with Crippen LogP contribution >= 0.6 is 11.6 Å². The first-order chi connectivity index (χ1) is 15.8. The van der Waals surface area contributed by atoms with Gasteiger partial charge in [-0.05, 0) is 55.3 Å². The molecule has 162 valence electrons. The summed E-state index contributed by atoms with van der Waals surface area (Å²) in [7, 11) is 0. The van der Waals surface area contributed by atoms with Crippen molar-refractivity contribution in [3.63, 3.8) is 0 Å². The fourth-order valence-electron chi connectivity index (χ4n) is 3.91. The Morgan fingerprint density at radius 2 is 1.94 bits per heavy atom. The monoisotopic (exact) mass is 457 g/mol. The highest BCUT2D eigenvalue weighted by molar-refractivity contribution is 6.31. The van der Waals surface area contributed by atoms with Crippen LogP contribution in [0.25, 0.3) is 28.4 Å². The molecule has 0 aliphatic rings. The fourth-order valence-corrected chi connectivity index (χ4v) is 4.08. The van der Waals surface area contributed by atoms with E-state index in [1.807, 2.05) is 6.92 Å². The number of aromatic nitrogens is 4. The molecule has 2 N–H and O–H groups in total. The summed E-state index contributed by atoms with van der Waals surface area (Å²) >= 11 is 6.18. The van der Waals surface area contributed by atoms with Gasteiger partial charge in [0.1, 0.15) is 11.6 Å². The molecule has 0 aliphatic heterocycles. The average molecular weight is 458 g/mol. The fraction of sp³-hybridized carbons (Fsp3) is 0.0833. The predicted molar refractivity (Wildman–Crippen MR) is 125 cm³/mol. The second-order valence-corrected chi connectivity index (χ2v) is 8.09. The van der Waals surface area contributed by atoms with Crippen molar-refractivity contribution in [3.8, 4) is 17.6 Å². The van der Waals surface area contributed by atoms with Crippen molar-refractivity contribution in [2.75, 3.05) is 0 Å². The predicted octanol–water partition coefficient (Wildman–Crippen LogP) is 2.72. The summed E-state index contributed by atoms with van der Waals surface area (Å²) < 4.78 is 2.55. The summed E-state index contributed by atoms with van der Waals surface area (Å²) in [5, 5.41) is 23.7. The molecule has 33 heavy (non-hydrogen) atoms. The van der Waals surface area contributed by atoms with E-state index >= 15 is 0 Å². The molecule has 0 atom stereocenters. The molecule has 8 nitrogen and oxygen atoms in total. The summed E-state index contributed by atoms with van der Waals surface area (Å²) in [6.45, 7) is 3.46. The van der Waals surface area contributed by atoms with E-state index in [4.69, 9.17) is 11.6 Å². The number of nitriles is 1. The van der Waals surface area contributed by atoms with E-state index in [-0.39, 0.29) is 27.9 Å². The van der Waals surface area contributed by atoms with Crippen molar-refractivity contribution in [2.24, 2.45) is 0 Å². The van der Waals surface area contributed by atoms with Crippen LogP contribution < -0.4 is 16.3 Å². The zero-order valence-electron chi connectivity index (χ0n) is 17.5. The molecule has 0 spiro atoms. The van der Waals surface area contributed by atoms with Gasteiger partial charge in [0.2, 0.25) is 5.88 Å². The lowest BCUT2D eigenvalue weighted by atomic mass is 10.1. The second kappa shape index (κ2) is 7.36. The van der Waals surface area contributed by atoms with Crippen molar-refractivity contribution < 1.29 is 5.11 Å². The molecule has 0 saturated heterocycles. The highest BCUT2D eigenvalue weighted by Crippen LogP contribution is 2.24. The lowest BCUT2D eigenvalue weighted by molar-refractivity contribution is 0.432. The Labute approximate surface area is 191 Å². The number of aromatic hydroxyl groups is 1. The zero-order chi connectivity index (χ0) is 23.4. The van der Waals surface area contributed by atoms with Crippen LogP contribution in [-0.4, -0.2) is 24.3 Å². The third kappa shape index (κ3) is 3.02. The van der Waals surface area contributed by atoms with Crippen molar-refractivity contribution in [1.29, 1.82) is 5.26 Å². The Balaban J connectivity index is 1.84. The second-order valence-electron chi connectivity index (χ2n) is 7.68. The van der Waals surface area contributed by atoms with Crippen LogP contribution in [0.1, 0.15) is 22.3 Å². The number of nitrogens with one attached hydrogen (secondary N) is 1. The van der Waals surface area contributed by atoms with Gasteiger partial charge in [-0.15, -0.1) is 0 Å². The van der Waals surface area contributed by atoms with E-state index in [1.54, 1.807) is 49.4 Å². The number of rotatable bonds is 2. The van der Waals surface area contributed by atoms with Gasteiger partial charge in [0.15, 0.2) is 5.65 Å². The molecule has 0 unspecified atom stereocenters. The van der Waals surface area contributed by atoms with Gasteiger partial charge in [-0.25, -0.2) is 9.67 Å². The first-order valence-electron chi connectivity index (χ1n) is 9.98. The summed E-state index contributed by atoms with van der Waals surface area (Å²) in [6.07, 6.45) is 1.30. The third-order valence-corrected chi connectivity index (χ3v) is 6.13. The van der Waals surface area contributed by atoms with Gasteiger partial charge in [0.05, 0.1) is 22.3 Å². The van der Waals surface area contributed by atoms with E-state index < -0.39 is 11.1 Å². The smallest absolute Gasteiger partial charge is 0.275 e. The average Bonchev–Trinajstić information content (AvgIpc) is 3.31. The minimum atomic E-state index is -0.600. The van der Waals surface area contributed by atoms with Crippen LogP contribution in [0.3, 0.4) is 0 Å². The SMILES string of the molecule is Cc1ccc(-n2[nH]c(=O)c(C=c3c(C)c(C#N)c4nc5ccccc5n4c3=O)c2O)cc1Cl. The van der Waals surface area contributed by atoms with Crippen LogP contribution in [0.4, 0.5) is 0 Å². The lowest BCUT2D eigenvalue weighted by Crippen LogP contribution is -2.34. The van der Waals surface area contributed by atoms with Crippen LogP contribution in [0.15, 0.2) is 52.1 Å². The molecule has 3 aromatic heterocycles. The van der Waals surface area contributed by atoms with E-state index in [0.29, 0.717) is 27.3 Å².